The standard InChI is InChI=1S/C38H73N2O7P/c1-3-5-7-9-11-13-15-16-17-18-20-22-24-26-28-30-37(42)36(34-47-48(44,45)46-32-31-39)40-38(43)33-35(41)29-27-25-23-21-19-14-12-10-8-6-4-2/h20-23,28,30,35-37,41-42H,3-19,24-27,29,31-34,39H2,1-2H3,(H,40,43)(H,44,45)/b22-20+,23-21-,30-28+. The maximum atomic E-state index is 12.7. The van der Waals surface area contributed by atoms with Crippen LogP contribution < -0.4 is 11.1 Å². The summed E-state index contributed by atoms with van der Waals surface area (Å²) in [6.07, 6.45) is 35.2. The first kappa shape index (κ1) is 46.7. The zero-order valence-corrected chi connectivity index (χ0v) is 31.5. The number of phosphoric acid groups is 1. The minimum Gasteiger partial charge on any atom is -0.393 e. The fraction of sp³-hybridized carbons (Fsp3) is 0.816. The second-order valence-electron chi connectivity index (χ2n) is 13.0. The predicted molar refractivity (Wildman–Crippen MR) is 200 cm³/mol. The van der Waals surface area contributed by atoms with Gasteiger partial charge in [0, 0.05) is 6.54 Å². The van der Waals surface area contributed by atoms with E-state index in [2.05, 4.69) is 43.5 Å². The quantitative estimate of drug-likeness (QED) is 0.0250. The highest BCUT2D eigenvalue weighted by Gasteiger charge is 2.27. The topological polar surface area (TPSA) is 151 Å². The molecule has 0 rings (SSSR count). The molecule has 10 heteroatoms. The third-order valence-electron chi connectivity index (χ3n) is 8.24. The van der Waals surface area contributed by atoms with Gasteiger partial charge in [0.05, 0.1) is 37.9 Å². The Hall–Kier alpha value is -1.32. The third kappa shape index (κ3) is 31.9. The average molecular weight is 701 g/mol. The Morgan fingerprint density at radius 2 is 1.19 bits per heavy atom. The summed E-state index contributed by atoms with van der Waals surface area (Å²) < 4.78 is 22.0. The molecular formula is C38H73N2O7P. The van der Waals surface area contributed by atoms with Crippen molar-refractivity contribution in [3.05, 3.63) is 36.5 Å². The van der Waals surface area contributed by atoms with Crippen LogP contribution >= 0.6 is 7.82 Å². The monoisotopic (exact) mass is 701 g/mol. The van der Waals surface area contributed by atoms with Gasteiger partial charge in [0.15, 0.2) is 0 Å². The number of unbranched alkanes of at least 4 members (excludes halogenated alkanes) is 17. The molecule has 0 radical (unpaired) electrons. The molecule has 0 aromatic heterocycles. The van der Waals surface area contributed by atoms with Gasteiger partial charge in [0.25, 0.3) is 0 Å². The van der Waals surface area contributed by atoms with E-state index in [9.17, 15) is 24.5 Å². The maximum absolute atomic E-state index is 12.7. The number of rotatable bonds is 35. The van der Waals surface area contributed by atoms with Gasteiger partial charge < -0.3 is 26.2 Å². The maximum Gasteiger partial charge on any atom is 0.472 e. The summed E-state index contributed by atoms with van der Waals surface area (Å²) in [5.41, 5.74) is 5.34. The molecule has 4 atom stereocenters. The van der Waals surface area contributed by atoms with Crippen LogP contribution in [0.25, 0.3) is 0 Å². The van der Waals surface area contributed by atoms with Crippen LogP contribution in [0, 0.1) is 0 Å². The number of nitrogens with two attached hydrogens (primary N) is 1. The first-order valence-corrected chi connectivity index (χ1v) is 20.7. The number of phosphoric ester groups is 1. The second-order valence-corrected chi connectivity index (χ2v) is 14.4. The van der Waals surface area contributed by atoms with E-state index in [0.29, 0.717) is 12.8 Å². The molecule has 0 aliphatic heterocycles. The largest absolute Gasteiger partial charge is 0.472 e. The van der Waals surface area contributed by atoms with Crippen LogP contribution in [-0.4, -0.2) is 59.0 Å². The fourth-order valence-electron chi connectivity index (χ4n) is 5.31. The molecule has 9 nitrogen and oxygen atoms in total. The normalized spacial score (nSPS) is 15.4. The third-order valence-corrected chi connectivity index (χ3v) is 9.23. The van der Waals surface area contributed by atoms with Crippen molar-refractivity contribution in [3.8, 4) is 0 Å². The number of carbonyl (C=O) groups is 1. The van der Waals surface area contributed by atoms with Gasteiger partial charge in [-0.15, -0.1) is 0 Å². The fourth-order valence-corrected chi connectivity index (χ4v) is 6.07. The Bertz CT molecular complexity index is 868. The van der Waals surface area contributed by atoms with Crippen LogP contribution in [0.3, 0.4) is 0 Å². The van der Waals surface area contributed by atoms with E-state index in [0.717, 1.165) is 32.1 Å². The van der Waals surface area contributed by atoms with Gasteiger partial charge in [-0.05, 0) is 57.8 Å². The van der Waals surface area contributed by atoms with Crippen molar-refractivity contribution in [2.75, 3.05) is 19.8 Å². The van der Waals surface area contributed by atoms with E-state index in [4.69, 9.17) is 14.8 Å². The number of allylic oxidation sites excluding steroid dienone is 5. The van der Waals surface area contributed by atoms with Gasteiger partial charge in [-0.3, -0.25) is 13.8 Å². The molecule has 1 amide bonds. The zero-order valence-electron chi connectivity index (χ0n) is 30.6. The van der Waals surface area contributed by atoms with Crippen LogP contribution in [0.5, 0.6) is 0 Å². The first-order valence-electron chi connectivity index (χ1n) is 19.2. The smallest absolute Gasteiger partial charge is 0.393 e. The zero-order chi connectivity index (χ0) is 35.6. The van der Waals surface area contributed by atoms with Crippen molar-refractivity contribution in [2.24, 2.45) is 5.73 Å². The van der Waals surface area contributed by atoms with Crippen molar-refractivity contribution >= 4 is 13.7 Å². The van der Waals surface area contributed by atoms with E-state index in [1.165, 1.54) is 96.3 Å². The molecule has 0 aromatic carbocycles. The Morgan fingerprint density at radius 3 is 1.73 bits per heavy atom. The summed E-state index contributed by atoms with van der Waals surface area (Å²) in [4.78, 5) is 22.6. The highest BCUT2D eigenvalue weighted by molar-refractivity contribution is 7.47. The highest BCUT2D eigenvalue weighted by atomic mass is 31.2. The summed E-state index contributed by atoms with van der Waals surface area (Å²) >= 11 is 0. The lowest BCUT2D eigenvalue weighted by Gasteiger charge is -2.24. The lowest BCUT2D eigenvalue weighted by atomic mass is 10.1. The van der Waals surface area contributed by atoms with E-state index >= 15 is 0 Å². The molecule has 0 aliphatic carbocycles. The molecule has 0 fully saturated rings. The predicted octanol–water partition coefficient (Wildman–Crippen LogP) is 8.97. The molecule has 4 unspecified atom stereocenters. The van der Waals surface area contributed by atoms with Crippen LogP contribution in [0.15, 0.2) is 36.5 Å². The lowest BCUT2D eigenvalue weighted by molar-refractivity contribution is -0.124. The summed E-state index contributed by atoms with van der Waals surface area (Å²) in [6, 6.07) is -1.00. The number of hydrogen-bond donors (Lipinski definition) is 5. The second kappa shape index (κ2) is 34.1. The summed E-state index contributed by atoms with van der Waals surface area (Å²) in [5, 5.41) is 23.8. The minimum absolute atomic E-state index is 0.0415. The molecule has 48 heavy (non-hydrogen) atoms. The van der Waals surface area contributed by atoms with Gasteiger partial charge in [-0.2, -0.15) is 0 Å². The van der Waals surface area contributed by atoms with Crippen LogP contribution in [0.1, 0.15) is 162 Å². The van der Waals surface area contributed by atoms with Crippen molar-refractivity contribution < 1.29 is 33.5 Å². The molecule has 6 N–H and O–H groups in total. The first-order chi connectivity index (χ1) is 23.3. The van der Waals surface area contributed by atoms with Gasteiger partial charge in [0.2, 0.25) is 5.91 Å². The molecule has 0 heterocycles. The van der Waals surface area contributed by atoms with Gasteiger partial charge in [-0.25, -0.2) is 4.57 Å². The number of aliphatic hydroxyl groups excluding tert-OH is 2. The highest BCUT2D eigenvalue weighted by Crippen LogP contribution is 2.43. The molecule has 0 saturated heterocycles. The van der Waals surface area contributed by atoms with Crippen molar-refractivity contribution in [2.45, 2.75) is 180 Å². The number of amides is 1. The molecule has 0 bridgehead atoms. The Morgan fingerprint density at radius 1 is 0.708 bits per heavy atom. The van der Waals surface area contributed by atoms with E-state index in [1.54, 1.807) is 6.08 Å². The Labute approximate surface area is 293 Å². The molecule has 0 spiro atoms. The van der Waals surface area contributed by atoms with Crippen molar-refractivity contribution in [1.29, 1.82) is 0 Å². The van der Waals surface area contributed by atoms with Crippen LogP contribution in [-0.2, 0) is 18.4 Å². The molecule has 0 saturated carbocycles. The van der Waals surface area contributed by atoms with Gasteiger partial charge >= 0.3 is 7.82 Å². The molecule has 282 valence electrons. The summed E-state index contributed by atoms with van der Waals surface area (Å²) in [6.45, 7) is 3.89. The Kier molecular flexibility index (Phi) is 33.2. The molecular weight excluding hydrogens is 627 g/mol. The van der Waals surface area contributed by atoms with Gasteiger partial charge in [-0.1, -0.05) is 134 Å². The van der Waals surface area contributed by atoms with Crippen LogP contribution in [0.2, 0.25) is 0 Å². The number of aliphatic hydroxyl groups is 2. The SMILES string of the molecule is CCCCCCCC/C=C\CCCC(O)CC(=O)NC(COP(=O)(O)OCCN)C(O)/C=C/CC/C=C/CCCCCCCCCCC. The van der Waals surface area contributed by atoms with Gasteiger partial charge in [0.1, 0.15) is 0 Å². The Balaban J connectivity index is 4.53. The van der Waals surface area contributed by atoms with Crippen molar-refractivity contribution in [1.82, 2.24) is 5.32 Å². The molecule has 0 aromatic rings. The number of hydrogen-bond acceptors (Lipinski definition) is 7. The van der Waals surface area contributed by atoms with E-state index in [1.807, 2.05) is 6.08 Å². The average Bonchev–Trinajstić information content (AvgIpc) is 3.06. The summed E-state index contributed by atoms with van der Waals surface area (Å²) in [7, 11) is -4.40. The lowest BCUT2D eigenvalue weighted by Crippen LogP contribution is -2.46. The molecule has 0 aliphatic rings. The summed E-state index contributed by atoms with van der Waals surface area (Å²) in [5.74, 6) is -0.475. The van der Waals surface area contributed by atoms with E-state index < -0.39 is 38.6 Å². The minimum atomic E-state index is -4.40. The number of carbonyl (C=O) groups excluding carboxylic acids is 1. The van der Waals surface area contributed by atoms with E-state index in [-0.39, 0.29) is 19.6 Å². The van der Waals surface area contributed by atoms with Crippen LogP contribution in [0.4, 0.5) is 0 Å². The van der Waals surface area contributed by atoms with Crippen molar-refractivity contribution in [3.63, 3.8) is 0 Å². The number of nitrogens with one attached hydrogen (secondary N) is 1.